The summed E-state index contributed by atoms with van der Waals surface area (Å²) in [4.78, 5) is 0. The fraction of sp³-hybridized carbons (Fsp3) is 0.867. The summed E-state index contributed by atoms with van der Waals surface area (Å²) in [5.74, 6) is 0.316. The lowest BCUT2D eigenvalue weighted by Crippen LogP contribution is -2.58. The third kappa shape index (κ3) is 2.02. The van der Waals surface area contributed by atoms with Crippen molar-refractivity contribution in [2.75, 3.05) is 0 Å². The van der Waals surface area contributed by atoms with Crippen molar-refractivity contribution in [1.29, 1.82) is 0 Å². The van der Waals surface area contributed by atoms with Crippen LogP contribution in [0.1, 0.15) is 40.0 Å². The Balaban J connectivity index is 2.32. The molecule has 0 heterocycles. The Bertz CT molecular complexity index is 341. The summed E-state index contributed by atoms with van der Waals surface area (Å²) in [6.07, 6.45) is 0.419. The Morgan fingerprint density at radius 3 is 2.33 bits per heavy atom. The Labute approximate surface area is 110 Å². The minimum atomic E-state index is -0.747. The monoisotopic (exact) mass is 254 g/mol. The van der Waals surface area contributed by atoms with Crippen LogP contribution in [0.3, 0.4) is 0 Å². The summed E-state index contributed by atoms with van der Waals surface area (Å²) in [6.45, 7) is 10.2. The van der Waals surface area contributed by atoms with Gasteiger partial charge in [-0.2, -0.15) is 0 Å². The zero-order chi connectivity index (χ0) is 13.7. The van der Waals surface area contributed by atoms with Gasteiger partial charge in [-0.1, -0.05) is 26.0 Å². The van der Waals surface area contributed by atoms with Gasteiger partial charge in [0.1, 0.15) is 0 Å². The van der Waals surface area contributed by atoms with E-state index in [4.69, 9.17) is 0 Å². The third-order valence-corrected chi connectivity index (χ3v) is 5.59. The van der Waals surface area contributed by atoms with Crippen molar-refractivity contribution in [3.05, 3.63) is 12.2 Å². The van der Waals surface area contributed by atoms with Gasteiger partial charge in [0.05, 0.1) is 18.3 Å². The standard InChI is InChI=1S/C15H26O3/c1-8(2)11-7-15(4)9(3)5-10(16)6-12(15)14(18)13(11)17/h9-14,16-18H,1,5-7H2,2-4H3/t9-,10-,11-,12-,13-,14+,15+/m1/s1. The minimum absolute atomic E-state index is 0.0122. The molecule has 0 saturated heterocycles. The molecule has 18 heavy (non-hydrogen) atoms. The van der Waals surface area contributed by atoms with Gasteiger partial charge in [0.15, 0.2) is 0 Å². The average Bonchev–Trinajstić information content (AvgIpc) is 2.27. The van der Waals surface area contributed by atoms with Gasteiger partial charge in [0.2, 0.25) is 0 Å². The maximum Gasteiger partial charge on any atom is 0.0867 e. The first-order valence-corrected chi connectivity index (χ1v) is 6.97. The molecule has 0 radical (unpaired) electrons. The average molecular weight is 254 g/mol. The molecule has 0 spiro atoms. The van der Waals surface area contributed by atoms with Gasteiger partial charge >= 0.3 is 0 Å². The number of rotatable bonds is 1. The highest BCUT2D eigenvalue weighted by molar-refractivity contribution is 5.11. The van der Waals surface area contributed by atoms with Gasteiger partial charge in [0, 0.05) is 5.92 Å². The van der Waals surface area contributed by atoms with E-state index in [9.17, 15) is 15.3 Å². The Hall–Kier alpha value is -0.380. The molecule has 3 N–H and O–H groups in total. The van der Waals surface area contributed by atoms with Gasteiger partial charge in [-0.25, -0.2) is 0 Å². The molecule has 2 fully saturated rings. The molecule has 2 aliphatic carbocycles. The van der Waals surface area contributed by atoms with E-state index in [1.165, 1.54) is 0 Å². The van der Waals surface area contributed by atoms with Gasteiger partial charge in [-0.15, -0.1) is 0 Å². The van der Waals surface area contributed by atoms with Crippen LogP contribution in [0.15, 0.2) is 12.2 Å². The lowest BCUT2D eigenvalue weighted by molar-refractivity contribution is -0.167. The van der Waals surface area contributed by atoms with Crippen LogP contribution in [0.25, 0.3) is 0 Å². The SMILES string of the molecule is C=C(C)[C@H]1C[C@@]2(C)[C@H](C)C[C@@H](O)C[C@@H]2[C@H](O)[C@@H]1O. The molecule has 3 nitrogen and oxygen atoms in total. The van der Waals surface area contributed by atoms with E-state index in [-0.39, 0.29) is 23.4 Å². The van der Waals surface area contributed by atoms with Gasteiger partial charge in [-0.3, -0.25) is 0 Å². The van der Waals surface area contributed by atoms with E-state index in [0.29, 0.717) is 12.3 Å². The lowest BCUT2D eigenvalue weighted by atomic mass is 9.51. The van der Waals surface area contributed by atoms with Crippen molar-refractivity contribution >= 4 is 0 Å². The zero-order valence-electron chi connectivity index (χ0n) is 11.6. The van der Waals surface area contributed by atoms with Crippen molar-refractivity contribution in [2.45, 2.75) is 58.3 Å². The topological polar surface area (TPSA) is 60.7 Å². The van der Waals surface area contributed by atoms with Crippen LogP contribution in [0, 0.1) is 23.2 Å². The van der Waals surface area contributed by atoms with Crippen molar-refractivity contribution < 1.29 is 15.3 Å². The fourth-order valence-electron chi connectivity index (χ4n) is 4.12. The van der Waals surface area contributed by atoms with E-state index < -0.39 is 12.2 Å². The van der Waals surface area contributed by atoms with Crippen LogP contribution in [-0.2, 0) is 0 Å². The number of aliphatic hydroxyl groups is 3. The molecule has 0 aromatic rings. The molecule has 7 atom stereocenters. The molecule has 0 aromatic heterocycles. The summed E-state index contributed by atoms with van der Waals surface area (Å²) < 4.78 is 0. The van der Waals surface area contributed by atoms with Crippen LogP contribution in [0.2, 0.25) is 0 Å². The van der Waals surface area contributed by atoms with E-state index >= 15 is 0 Å². The van der Waals surface area contributed by atoms with E-state index in [2.05, 4.69) is 20.4 Å². The molecule has 0 unspecified atom stereocenters. The summed E-state index contributed by atoms with van der Waals surface area (Å²) in [7, 11) is 0. The van der Waals surface area contributed by atoms with Crippen LogP contribution in [0.4, 0.5) is 0 Å². The molecule has 0 aromatic carbocycles. The van der Waals surface area contributed by atoms with E-state index in [1.807, 2.05) is 6.92 Å². The van der Waals surface area contributed by atoms with Crippen molar-refractivity contribution in [3.8, 4) is 0 Å². The molecule has 3 heteroatoms. The first-order valence-electron chi connectivity index (χ1n) is 6.97. The first-order chi connectivity index (χ1) is 8.27. The van der Waals surface area contributed by atoms with Crippen LogP contribution in [-0.4, -0.2) is 33.6 Å². The highest BCUT2D eigenvalue weighted by atomic mass is 16.3. The zero-order valence-corrected chi connectivity index (χ0v) is 11.6. The Kier molecular flexibility index (Phi) is 3.60. The molecule has 104 valence electrons. The van der Waals surface area contributed by atoms with Gasteiger partial charge in [0.25, 0.3) is 0 Å². The molecule has 2 rings (SSSR count). The van der Waals surface area contributed by atoms with Crippen molar-refractivity contribution in [3.63, 3.8) is 0 Å². The summed E-state index contributed by atoms with van der Waals surface area (Å²) in [5, 5.41) is 30.5. The first kappa shape index (κ1) is 14.0. The summed E-state index contributed by atoms with van der Waals surface area (Å²) in [5.41, 5.74) is 0.932. The van der Waals surface area contributed by atoms with Gasteiger partial charge in [-0.05, 0) is 43.4 Å². The predicted octanol–water partition coefficient (Wildman–Crippen LogP) is 1.72. The molecular formula is C15H26O3. The second-order valence-electron chi connectivity index (χ2n) is 6.78. The molecule has 0 aliphatic heterocycles. The highest BCUT2D eigenvalue weighted by Gasteiger charge is 2.54. The summed E-state index contributed by atoms with van der Waals surface area (Å²) >= 11 is 0. The fourth-order valence-corrected chi connectivity index (χ4v) is 4.12. The van der Waals surface area contributed by atoms with Gasteiger partial charge < -0.3 is 15.3 Å². The second-order valence-corrected chi connectivity index (χ2v) is 6.78. The van der Waals surface area contributed by atoms with Crippen LogP contribution in [0.5, 0.6) is 0 Å². The normalized spacial score (nSPS) is 52.8. The smallest absolute Gasteiger partial charge is 0.0867 e. The molecule has 2 aliphatic rings. The van der Waals surface area contributed by atoms with Crippen LogP contribution < -0.4 is 0 Å². The Morgan fingerprint density at radius 2 is 1.78 bits per heavy atom. The number of hydrogen-bond donors (Lipinski definition) is 3. The molecule has 0 bridgehead atoms. The second kappa shape index (κ2) is 4.62. The third-order valence-electron chi connectivity index (χ3n) is 5.59. The van der Waals surface area contributed by atoms with E-state index in [0.717, 1.165) is 18.4 Å². The summed E-state index contributed by atoms with van der Waals surface area (Å²) in [6, 6.07) is 0. The molecule has 0 amide bonds. The van der Waals surface area contributed by atoms with E-state index in [1.54, 1.807) is 0 Å². The predicted molar refractivity (Wildman–Crippen MR) is 70.9 cm³/mol. The molecular weight excluding hydrogens is 228 g/mol. The van der Waals surface area contributed by atoms with Crippen molar-refractivity contribution in [1.82, 2.24) is 0 Å². The quantitative estimate of drug-likeness (QED) is 0.624. The van der Waals surface area contributed by atoms with Crippen molar-refractivity contribution in [2.24, 2.45) is 23.2 Å². The largest absolute Gasteiger partial charge is 0.393 e. The van der Waals surface area contributed by atoms with Crippen LogP contribution >= 0.6 is 0 Å². The molecule has 2 saturated carbocycles. The maximum atomic E-state index is 10.4. The number of aliphatic hydroxyl groups excluding tert-OH is 3. The Morgan fingerprint density at radius 1 is 1.17 bits per heavy atom. The lowest BCUT2D eigenvalue weighted by Gasteiger charge is -2.56. The number of hydrogen-bond acceptors (Lipinski definition) is 3. The highest BCUT2D eigenvalue weighted by Crippen LogP contribution is 2.55. The minimum Gasteiger partial charge on any atom is -0.393 e. The number of fused-ring (bicyclic) bond motifs is 1. The maximum absolute atomic E-state index is 10.4.